The number of benzene rings is 3. The Morgan fingerprint density at radius 2 is 1.09 bits per heavy atom. The first-order valence-electron chi connectivity index (χ1n) is 7.49. The van der Waals surface area contributed by atoms with Crippen molar-refractivity contribution in [1.82, 2.24) is 0 Å². The maximum absolute atomic E-state index is 5.80. The van der Waals surface area contributed by atoms with E-state index in [1.165, 1.54) is 5.56 Å². The molecular weight excluding hydrogens is 284 g/mol. The van der Waals surface area contributed by atoms with Crippen LogP contribution in [0.2, 0.25) is 0 Å². The van der Waals surface area contributed by atoms with Crippen LogP contribution in [-0.2, 0) is 0 Å². The number of ether oxygens (including phenoxy) is 1. The third-order valence-corrected chi connectivity index (χ3v) is 4.06. The van der Waals surface area contributed by atoms with Crippen LogP contribution in [0.5, 0.6) is 5.75 Å². The van der Waals surface area contributed by atoms with Gasteiger partial charge in [0, 0.05) is 11.4 Å². The minimum atomic E-state index is 0.757. The van der Waals surface area contributed by atoms with Crippen molar-refractivity contribution >= 4 is 11.4 Å². The molecule has 0 heterocycles. The van der Waals surface area contributed by atoms with E-state index in [1.807, 2.05) is 48.5 Å². The van der Waals surface area contributed by atoms with E-state index < -0.39 is 0 Å². The summed E-state index contributed by atoms with van der Waals surface area (Å²) in [5, 5.41) is 0. The first kappa shape index (κ1) is 15.0. The molecule has 0 aliphatic rings. The summed E-state index contributed by atoms with van der Waals surface area (Å²) in [7, 11) is 1.68. The monoisotopic (exact) mass is 304 g/mol. The fraction of sp³-hybridized carbons (Fsp3) is 0.100. The lowest BCUT2D eigenvalue weighted by atomic mass is 9.92. The molecule has 116 valence electrons. The maximum atomic E-state index is 5.80. The van der Waals surface area contributed by atoms with Crippen LogP contribution in [0.15, 0.2) is 60.7 Å². The molecule has 4 N–H and O–H groups in total. The Morgan fingerprint density at radius 3 is 1.43 bits per heavy atom. The summed E-state index contributed by atoms with van der Waals surface area (Å²) in [4.78, 5) is 0. The van der Waals surface area contributed by atoms with Crippen LogP contribution in [-0.4, -0.2) is 7.11 Å². The summed E-state index contributed by atoms with van der Waals surface area (Å²) in [6.45, 7) is 2.12. The smallest absolute Gasteiger partial charge is 0.120 e. The second-order valence-electron chi connectivity index (χ2n) is 5.59. The highest BCUT2D eigenvalue weighted by Gasteiger charge is 2.11. The van der Waals surface area contributed by atoms with Crippen molar-refractivity contribution in [3.8, 4) is 28.0 Å². The molecule has 3 aromatic carbocycles. The van der Waals surface area contributed by atoms with Crippen molar-refractivity contribution in [2.75, 3.05) is 18.6 Å². The lowest BCUT2D eigenvalue weighted by molar-refractivity contribution is 0.415. The van der Waals surface area contributed by atoms with Crippen LogP contribution in [0.25, 0.3) is 22.3 Å². The molecule has 0 amide bonds. The van der Waals surface area contributed by atoms with Gasteiger partial charge in [-0.2, -0.15) is 0 Å². The van der Waals surface area contributed by atoms with E-state index in [9.17, 15) is 0 Å². The number of hydrogen-bond donors (Lipinski definition) is 2. The van der Waals surface area contributed by atoms with Crippen molar-refractivity contribution in [2.45, 2.75) is 6.92 Å². The van der Waals surface area contributed by atoms with E-state index in [-0.39, 0.29) is 0 Å². The summed E-state index contributed by atoms with van der Waals surface area (Å²) in [5.74, 6) is 0.828. The zero-order chi connectivity index (χ0) is 16.4. The summed E-state index contributed by atoms with van der Waals surface area (Å²) < 4.78 is 5.49. The number of nitrogens with two attached hydrogens (primary N) is 2. The highest BCUT2D eigenvalue weighted by molar-refractivity contribution is 5.81. The van der Waals surface area contributed by atoms with Crippen LogP contribution < -0.4 is 16.2 Å². The third-order valence-electron chi connectivity index (χ3n) is 4.06. The Labute approximate surface area is 136 Å². The highest BCUT2D eigenvalue weighted by Crippen LogP contribution is 2.36. The van der Waals surface area contributed by atoms with Gasteiger partial charge >= 0.3 is 0 Å². The Bertz CT molecular complexity index is 755. The Balaban J connectivity index is 2.19. The first-order valence-corrected chi connectivity index (χ1v) is 7.49. The van der Waals surface area contributed by atoms with Gasteiger partial charge in [0.2, 0.25) is 0 Å². The van der Waals surface area contributed by atoms with Gasteiger partial charge in [-0.15, -0.1) is 0 Å². The van der Waals surface area contributed by atoms with Crippen molar-refractivity contribution in [3.63, 3.8) is 0 Å². The molecule has 0 saturated heterocycles. The molecule has 3 nitrogen and oxygen atoms in total. The summed E-state index contributed by atoms with van der Waals surface area (Å²) in [6.07, 6.45) is 0. The Kier molecular flexibility index (Phi) is 3.94. The molecule has 0 radical (unpaired) electrons. The fourth-order valence-electron chi connectivity index (χ4n) is 2.73. The molecule has 3 rings (SSSR count). The van der Waals surface area contributed by atoms with Gasteiger partial charge in [-0.3, -0.25) is 0 Å². The van der Waals surface area contributed by atoms with Gasteiger partial charge in [0.25, 0.3) is 0 Å². The van der Waals surface area contributed by atoms with Crippen LogP contribution in [0.1, 0.15) is 5.56 Å². The maximum Gasteiger partial charge on any atom is 0.120 e. The fourth-order valence-corrected chi connectivity index (χ4v) is 2.73. The van der Waals surface area contributed by atoms with E-state index in [1.54, 1.807) is 7.11 Å². The quantitative estimate of drug-likeness (QED) is 0.700. The molecule has 0 aromatic heterocycles. The number of rotatable bonds is 3. The zero-order valence-corrected chi connectivity index (χ0v) is 13.3. The van der Waals surface area contributed by atoms with Crippen molar-refractivity contribution in [1.29, 1.82) is 0 Å². The average molecular weight is 304 g/mol. The van der Waals surface area contributed by atoms with Crippen LogP contribution in [0.3, 0.4) is 0 Å². The van der Waals surface area contributed by atoms with Gasteiger partial charge < -0.3 is 16.2 Å². The minimum absolute atomic E-state index is 0.757. The van der Waals surface area contributed by atoms with E-state index in [2.05, 4.69) is 19.1 Å². The molecule has 23 heavy (non-hydrogen) atoms. The minimum Gasteiger partial charge on any atom is -0.497 e. The van der Waals surface area contributed by atoms with E-state index in [0.29, 0.717) is 0 Å². The molecular formula is C20H20N2O. The molecule has 0 spiro atoms. The number of methoxy groups -OCH3 is 1. The zero-order valence-electron chi connectivity index (χ0n) is 13.3. The Morgan fingerprint density at radius 1 is 0.696 bits per heavy atom. The van der Waals surface area contributed by atoms with E-state index in [4.69, 9.17) is 16.2 Å². The molecule has 3 aromatic rings. The second-order valence-corrected chi connectivity index (χ2v) is 5.59. The number of hydrogen-bond acceptors (Lipinski definition) is 3. The molecule has 0 aliphatic carbocycles. The molecule has 0 atom stereocenters. The summed E-state index contributed by atoms with van der Waals surface area (Å²) in [6, 6.07) is 19.9. The lowest BCUT2D eigenvalue weighted by Crippen LogP contribution is -1.93. The predicted molar refractivity (Wildman–Crippen MR) is 97.4 cm³/mol. The molecule has 0 bridgehead atoms. The van der Waals surface area contributed by atoms with Crippen LogP contribution in [0, 0.1) is 6.92 Å². The number of anilines is 2. The van der Waals surface area contributed by atoms with E-state index in [0.717, 1.165) is 39.4 Å². The topological polar surface area (TPSA) is 61.3 Å². The van der Waals surface area contributed by atoms with Crippen molar-refractivity contribution < 1.29 is 4.74 Å². The highest BCUT2D eigenvalue weighted by atomic mass is 16.5. The standard InChI is InChI=1S/C20H20N2O/c1-13-19(14-3-7-16(21)8-4-14)11-18(23-2)12-20(13)15-5-9-17(22)10-6-15/h3-12H,21-22H2,1-2H3. The third kappa shape index (κ3) is 2.99. The summed E-state index contributed by atoms with van der Waals surface area (Å²) >= 11 is 0. The van der Waals surface area contributed by atoms with Crippen molar-refractivity contribution in [3.05, 3.63) is 66.2 Å². The SMILES string of the molecule is COc1cc(-c2ccc(N)cc2)c(C)c(-c2ccc(N)cc2)c1. The molecule has 0 fully saturated rings. The number of nitrogen functional groups attached to an aromatic ring is 2. The van der Waals surface area contributed by atoms with Crippen molar-refractivity contribution in [2.24, 2.45) is 0 Å². The molecule has 3 heteroatoms. The predicted octanol–water partition coefficient (Wildman–Crippen LogP) is 4.50. The largest absolute Gasteiger partial charge is 0.497 e. The van der Waals surface area contributed by atoms with Gasteiger partial charge in [0.15, 0.2) is 0 Å². The molecule has 0 saturated carbocycles. The van der Waals surface area contributed by atoms with Gasteiger partial charge in [0.05, 0.1) is 7.11 Å². The van der Waals surface area contributed by atoms with Gasteiger partial charge in [0.1, 0.15) is 5.75 Å². The van der Waals surface area contributed by atoms with Gasteiger partial charge in [-0.05, 0) is 71.1 Å². The van der Waals surface area contributed by atoms with Gasteiger partial charge in [-0.1, -0.05) is 24.3 Å². The van der Waals surface area contributed by atoms with Crippen LogP contribution in [0.4, 0.5) is 11.4 Å². The Hall–Kier alpha value is -2.94. The molecule has 0 unspecified atom stereocenters. The normalized spacial score (nSPS) is 10.5. The van der Waals surface area contributed by atoms with E-state index >= 15 is 0 Å². The second kappa shape index (κ2) is 6.05. The first-order chi connectivity index (χ1) is 11.1. The average Bonchev–Trinajstić information content (AvgIpc) is 2.57. The summed E-state index contributed by atoms with van der Waals surface area (Å²) in [5.41, 5.74) is 18.8. The lowest BCUT2D eigenvalue weighted by Gasteiger charge is -2.15. The van der Waals surface area contributed by atoms with Crippen LogP contribution >= 0.6 is 0 Å². The van der Waals surface area contributed by atoms with Gasteiger partial charge in [-0.25, -0.2) is 0 Å². The molecule has 0 aliphatic heterocycles.